The van der Waals surface area contributed by atoms with Crippen molar-refractivity contribution in [1.82, 2.24) is 5.32 Å². The summed E-state index contributed by atoms with van der Waals surface area (Å²) in [6.45, 7) is 3.87. The fraction of sp³-hybridized carbons (Fsp3) is 0.917. The van der Waals surface area contributed by atoms with Crippen molar-refractivity contribution in [3.63, 3.8) is 0 Å². The van der Waals surface area contributed by atoms with Crippen LogP contribution in [0.5, 0.6) is 0 Å². The first-order valence-electron chi connectivity index (χ1n) is 6.98. The molecule has 0 saturated heterocycles. The number of unbranched alkanes of at least 4 members (excludes halogenated alkanes) is 2. The Bertz CT molecular complexity index is 336. The molecular formula is C12H23F3NO4P. The molecule has 0 aliphatic rings. The van der Waals surface area contributed by atoms with Gasteiger partial charge >= 0.3 is 19.7 Å². The molecule has 0 spiro atoms. The summed E-state index contributed by atoms with van der Waals surface area (Å²) in [4.78, 5) is 10.7. The van der Waals surface area contributed by atoms with Gasteiger partial charge in [0.15, 0.2) is 0 Å². The van der Waals surface area contributed by atoms with Crippen LogP contribution < -0.4 is 5.32 Å². The van der Waals surface area contributed by atoms with E-state index in [1.807, 2.05) is 13.8 Å². The van der Waals surface area contributed by atoms with E-state index in [-0.39, 0.29) is 19.4 Å². The van der Waals surface area contributed by atoms with Gasteiger partial charge in [0.1, 0.15) is 0 Å². The number of nitrogens with one attached hydrogen (secondary N) is 1. The molecule has 1 amide bonds. The molecule has 0 aromatic heterocycles. The average molecular weight is 333 g/mol. The number of carbonyl (C=O) groups is 1. The quantitative estimate of drug-likeness (QED) is 0.464. The van der Waals surface area contributed by atoms with Crippen LogP contribution in [0, 0.1) is 0 Å². The summed E-state index contributed by atoms with van der Waals surface area (Å²) >= 11 is 0. The van der Waals surface area contributed by atoms with Gasteiger partial charge in [-0.05, 0) is 12.8 Å². The van der Waals surface area contributed by atoms with Crippen molar-refractivity contribution in [3.8, 4) is 0 Å². The van der Waals surface area contributed by atoms with E-state index in [9.17, 15) is 22.5 Å². The molecule has 0 radical (unpaired) electrons. The van der Waals surface area contributed by atoms with Gasteiger partial charge in [-0.1, -0.05) is 26.7 Å². The van der Waals surface area contributed by atoms with Crippen molar-refractivity contribution in [2.45, 2.75) is 45.7 Å². The first-order valence-corrected chi connectivity index (χ1v) is 8.71. The Kier molecular flexibility index (Phi) is 9.90. The van der Waals surface area contributed by atoms with E-state index in [1.165, 1.54) is 0 Å². The van der Waals surface area contributed by atoms with Gasteiger partial charge in [0, 0.05) is 6.54 Å². The van der Waals surface area contributed by atoms with Crippen molar-refractivity contribution in [3.05, 3.63) is 0 Å². The molecule has 9 heteroatoms. The van der Waals surface area contributed by atoms with E-state index < -0.39 is 26.2 Å². The Morgan fingerprint density at radius 1 is 1.10 bits per heavy atom. The minimum absolute atomic E-state index is 0.215. The van der Waals surface area contributed by atoms with Gasteiger partial charge in [-0.3, -0.25) is 9.36 Å². The lowest BCUT2D eigenvalue weighted by atomic mass is 10.4. The number of amides is 1. The molecule has 0 aromatic rings. The summed E-state index contributed by atoms with van der Waals surface area (Å²) in [5, 5.41) is 1.66. The van der Waals surface area contributed by atoms with Gasteiger partial charge in [-0.2, -0.15) is 13.2 Å². The summed E-state index contributed by atoms with van der Waals surface area (Å²) in [6.07, 6.45) is -2.20. The van der Waals surface area contributed by atoms with E-state index in [4.69, 9.17) is 9.05 Å². The van der Waals surface area contributed by atoms with Crippen molar-refractivity contribution >= 4 is 13.5 Å². The fourth-order valence-corrected chi connectivity index (χ4v) is 2.80. The first-order chi connectivity index (χ1) is 9.75. The monoisotopic (exact) mass is 333 g/mol. The summed E-state index contributed by atoms with van der Waals surface area (Å²) in [6, 6.07) is 0. The third-order valence-corrected chi connectivity index (χ3v) is 4.42. The third kappa shape index (κ3) is 9.87. The van der Waals surface area contributed by atoms with Crippen molar-refractivity contribution < 1.29 is 31.6 Å². The highest BCUT2D eigenvalue weighted by molar-refractivity contribution is 7.53. The fourth-order valence-electron chi connectivity index (χ4n) is 1.27. The summed E-state index contributed by atoms with van der Waals surface area (Å²) in [5.74, 6) is -2.06. The number of halogens is 3. The lowest BCUT2D eigenvalue weighted by Gasteiger charge is -2.19. The molecule has 5 nitrogen and oxygen atoms in total. The first kappa shape index (κ1) is 20.4. The van der Waals surface area contributed by atoms with Gasteiger partial charge in [0.05, 0.1) is 19.4 Å². The summed E-state index contributed by atoms with van der Waals surface area (Å²) in [7, 11) is -3.47. The second kappa shape index (κ2) is 10.2. The Morgan fingerprint density at radius 2 is 1.57 bits per heavy atom. The van der Waals surface area contributed by atoms with Gasteiger partial charge in [-0.25, -0.2) is 0 Å². The van der Waals surface area contributed by atoms with Gasteiger partial charge in [-0.15, -0.1) is 0 Å². The van der Waals surface area contributed by atoms with Crippen molar-refractivity contribution in [2.24, 2.45) is 0 Å². The summed E-state index contributed by atoms with van der Waals surface area (Å²) < 4.78 is 58.8. The molecule has 1 N–H and O–H groups in total. The van der Waals surface area contributed by atoms with Crippen LogP contribution >= 0.6 is 7.60 Å². The number of carbonyl (C=O) groups excluding carboxylic acids is 1. The molecule has 0 aliphatic heterocycles. The van der Waals surface area contributed by atoms with Crippen LogP contribution in [0.2, 0.25) is 0 Å². The van der Waals surface area contributed by atoms with Gasteiger partial charge < -0.3 is 14.4 Å². The zero-order valence-corrected chi connectivity index (χ0v) is 13.3. The SMILES string of the molecule is CCCCOP(=O)(CCNC(=O)C(F)(F)F)OCCCC. The predicted octanol–water partition coefficient (Wildman–Crippen LogP) is 3.49. The minimum Gasteiger partial charge on any atom is -0.348 e. The molecule has 0 saturated carbocycles. The highest BCUT2D eigenvalue weighted by atomic mass is 31.2. The predicted molar refractivity (Wildman–Crippen MR) is 73.3 cm³/mol. The molecule has 0 fully saturated rings. The van der Waals surface area contributed by atoms with E-state index in [0.717, 1.165) is 12.8 Å². The second-order valence-corrected chi connectivity index (χ2v) is 6.65. The topological polar surface area (TPSA) is 64.6 Å². The maximum atomic E-state index is 12.3. The number of hydrogen-bond acceptors (Lipinski definition) is 4. The van der Waals surface area contributed by atoms with E-state index >= 15 is 0 Å². The number of rotatable bonds is 11. The maximum absolute atomic E-state index is 12.3. The van der Waals surface area contributed by atoms with Crippen LogP contribution in [0.4, 0.5) is 13.2 Å². The Morgan fingerprint density at radius 3 is 1.95 bits per heavy atom. The molecule has 0 bridgehead atoms. The molecule has 126 valence electrons. The lowest BCUT2D eigenvalue weighted by Crippen LogP contribution is -2.38. The third-order valence-electron chi connectivity index (χ3n) is 2.50. The van der Waals surface area contributed by atoms with E-state index in [1.54, 1.807) is 5.32 Å². The van der Waals surface area contributed by atoms with Crippen molar-refractivity contribution in [1.29, 1.82) is 0 Å². The van der Waals surface area contributed by atoms with Crippen molar-refractivity contribution in [2.75, 3.05) is 25.9 Å². The molecule has 0 unspecified atom stereocenters. The van der Waals surface area contributed by atoms with Crippen LogP contribution in [-0.2, 0) is 18.4 Å². The highest BCUT2D eigenvalue weighted by Crippen LogP contribution is 2.47. The Labute approximate surface area is 123 Å². The lowest BCUT2D eigenvalue weighted by molar-refractivity contribution is -0.173. The van der Waals surface area contributed by atoms with E-state index in [2.05, 4.69) is 0 Å². The molecule has 0 heterocycles. The Hall–Kier alpha value is -0.590. The Balaban J connectivity index is 4.32. The van der Waals surface area contributed by atoms with Gasteiger partial charge in [0.2, 0.25) is 0 Å². The van der Waals surface area contributed by atoms with Crippen LogP contribution in [0.15, 0.2) is 0 Å². The molecular weight excluding hydrogens is 310 g/mol. The minimum atomic E-state index is -4.95. The molecule has 0 atom stereocenters. The standard InChI is InChI=1S/C12H23F3NO4P/c1-3-5-8-19-21(18,20-9-6-4-2)10-7-16-11(17)12(13,14)15/h3-10H2,1-2H3,(H,16,17). The van der Waals surface area contributed by atoms with Gasteiger partial charge in [0.25, 0.3) is 0 Å². The van der Waals surface area contributed by atoms with Crippen LogP contribution in [0.1, 0.15) is 39.5 Å². The van der Waals surface area contributed by atoms with Crippen LogP contribution in [-0.4, -0.2) is 38.0 Å². The van der Waals surface area contributed by atoms with Crippen LogP contribution in [0.3, 0.4) is 0 Å². The smallest absolute Gasteiger partial charge is 0.348 e. The molecule has 0 rings (SSSR count). The zero-order valence-electron chi connectivity index (χ0n) is 12.4. The second-order valence-electron chi connectivity index (χ2n) is 4.46. The zero-order chi connectivity index (χ0) is 16.4. The largest absolute Gasteiger partial charge is 0.471 e. The molecule has 21 heavy (non-hydrogen) atoms. The molecule has 0 aliphatic carbocycles. The normalized spacial score (nSPS) is 12.4. The van der Waals surface area contributed by atoms with E-state index in [0.29, 0.717) is 12.8 Å². The van der Waals surface area contributed by atoms with Crippen LogP contribution in [0.25, 0.3) is 0 Å². The number of hydrogen-bond donors (Lipinski definition) is 1. The number of alkyl halides is 3. The highest BCUT2D eigenvalue weighted by Gasteiger charge is 2.38. The maximum Gasteiger partial charge on any atom is 0.471 e. The average Bonchev–Trinajstić information content (AvgIpc) is 2.38. The molecule has 0 aromatic carbocycles. The summed E-state index contributed by atoms with van der Waals surface area (Å²) in [5.41, 5.74) is 0.